The lowest BCUT2D eigenvalue weighted by Crippen LogP contribution is -2.49. The van der Waals surface area contributed by atoms with Crippen LogP contribution in [-0.2, 0) is 11.3 Å². The lowest BCUT2D eigenvalue weighted by molar-refractivity contribution is -0.211. The number of aliphatic hydroxyl groups excluding tert-OH is 1. The summed E-state index contributed by atoms with van der Waals surface area (Å²) in [5.74, 6) is -1.22. The molecule has 5 nitrogen and oxygen atoms in total. The van der Waals surface area contributed by atoms with E-state index >= 15 is 0 Å². The molecule has 0 radical (unpaired) electrons. The molecule has 1 aliphatic rings. The number of imidazole rings is 1. The highest BCUT2D eigenvalue weighted by molar-refractivity contribution is 5.81. The first-order chi connectivity index (χ1) is 11.7. The van der Waals surface area contributed by atoms with E-state index in [1.54, 1.807) is 23.6 Å². The Kier molecular flexibility index (Phi) is 4.28. The number of hydrogen-bond donors (Lipinski definition) is 1. The molecule has 134 valence electrons. The maximum Gasteiger partial charge on any atom is 0.423 e. The topological polar surface area (TPSA) is 58.4 Å². The first kappa shape index (κ1) is 17.4. The third kappa shape index (κ3) is 3.23. The lowest BCUT2D eigenvalue weighted by Gasteiger charge is -2.35. The van der Waals surface area contributed by atoms with Crippen molar-refractivity contribution in [3.8, 4) is 11.4 Å². The summed E-state index contributed by atoms with van der Waals surface area (Å²) in [6.07, 6.45) is -6.57. The average molecular weight is 357 g/mol. The van der Waals surface area contributed by atoms with E-state index in [-0.39, 0.29) is 24.9 Å². The summed E-state index contributed by atoms with van der Waals surface area (Å²) in [4.78, 5) is 17.1. The van der Waals surface area contributed by atoms with Gasteiger partial charge in [0.25, 0.3) is 5.91 Å². The van der Waals surface area contributed by atoms with Crippen molar-refractivity contribution in [3.63, 3.8) is 0 Å². The van der Waals surface area contributed by atoms with Gasteiger partial charge in [-0.2, -0.15) is 13.2 Å². The Hall–Kier alpha value is -2.42. The zero-order valence-corrected chi connectivity index (χ0v) is 13.2. The smallest absolute Gasteiger partial charge is 0.376 e. The molecule has 0 aliphatic carbocycles. The number of halogens is 4. The molecule has 1 amide bonds. The predicted octanol–water partition coefficient (Wildman–Crippen LogP) is 2.52. The first-order valence-corrected chi connectivity index (χ1v) is 7.54. The number of fused-ring (bicyclic) bond motifs is 1. The van der Waals surface area contributed by atoms with E-state index in [9.17, 15) is 27.5 Å². The Balaban J connectivity index is 1.88. The Bertz CT molecular complexity index is 786. The number of alkyl halides is 3. The van der Waals surface area contributed by atoms with E-state index in [0.717, 1.165) is 4.90 Å². The minimum absolute atomic E-state index is 0.00350. The van der Waals surface area contributed by atoms with Crippen molar-refractivity contribution in [2.75, 3.05) is 6.54 Å². The normalized spacial score (nSPS) is 18.8. The molecule has 2 aromatic rings. The van der Waals surface area contributed by atoms with Gasteiger partial charge >= 0.3 is 6.18 Å². The Morgan fingerprint density at radius 3 is 2.56 bits per heavy atom. The van der Waals surface area contributed by atoms with Crippen molar-refractivity contribution < 1.29 is 27.5 Å². The van der Waals surface area contributed by atoms with Gasteiger partial charge in [-0.25, -0.2) is 9.37 Å². The molecule has 2 unspecified atom stereocenters. The van der Waals surface area contributed by atoms with E-state index in [2.05, 4.69) is 4.98 Å². The monoisotopic (exact) mass is 357 g/mol. The maximum absolute atomic E-state index is 13.1. The molecule has 0 bridgehead atoms. The molecule has 3 rings (SSSR count). The van der Waals surface area contributed by atoms with Crippen LogP contribution < -0.4 is 0 Å². The van der Waals surface area contributed by atoms with Gasteiger partial charge in [0.15, 0.2) is 0 Å². The van der Waals surface area contributed by atoms with Crippen molar-refractivity contribution >= 4 is 5.91 Å². The van der Waals surface area contributed by atoms with Crippen LogP contribution in [0.15, 0.2) is 30.5 Å². The minimum Gasteiger partial charge on any atom is -0.376 e. The van der Waals surface area contributed by atoms with E-state index in [0.29, 0.717) is 17.1 Å². The van der Waals surface area contributed by atoms with Gasteiger partial charge in [0.1, 0.15) is 11.6 Å². The number of aliphatic hydroxyl groups is 1. The molecule has 0 spiro atoms. The van der Waals surface area contributed by atoms with Gasteiger partial charge in [-0.1, -0.05) is 0 Å². The number of aromatic nitrogens is 2. The Morgan fingerprint density at radius 1 is 1.32 bits per heavy atom. The number of carbonyl (C=O) groups excluding carboxylic acids is 1. The van der Waals surface area contributed by atoms with Crippen LogP contribution in [0.4, 0.5) is 17.6 Å². The maximum atomic E-state index is 13.1. The number of nitrogens with zero attached hydrogens (tertiary/aromatic N) is 3. The van der Waals surface area contributed by atoms with Crippen LogP contribution >= 0.6 is 0 Å². The highest BCUT2D eigenvalue weighted by Gasteiger charge is 2.46. The SMILES string of the molecule is CC1CN(C(=O)C(O)C(F)(F)F)Cc2cnc(-c3ccc(F)cc3)n21. The van der Waals surface area contributed by atoms with Gasteiger partial charge in [-0.05, 0) is 31.2 Å². The summed E-state index contributed by atoms with van der Waals surface area (Å²) in [6.45, 7) is 1.64. The summed E-state index contributed by atoms with van der Waals surface area (Å²) in [5.41, 5.74) is 1.20. The molecule has 1 aromatic carbocycles. The first-order valence-electron chi connectivity index (χ1n) is 7.54. The van der Waals surface area contributed by atoms with Crippen molar-refractivity contribution in [2.45, 2.75) is 31.8 Å². The van der Waals surface area contributed by atoms with Crippen LogP contribution in [-0.4, -0.2) is 44.3 Å². The van der Waals surface area contributed by atoms with E-state index in [1.165, 1.54) is 18.3 Å². The lowest BCUT2D eigenvalue weighted by atomic mass is 10.1. The fraction of sp³-hybridized carbons (Fsp3) is 0.375. The molecule has 0 fully saturated rings. The largest absolute Gasteiger partial charge is 0.423 e. The highest BCUT2D eigenvalue weighted by atomic mass is 19.4. The Morgan fingerprint density at radius 2 is 1.96 bits per heavy atom. The summed E-state index contributed by atoms with van der Waals surface area (Å²) in [5, 5.41) is 9.18. The summed E-state index contributed by atoms with van der Waals surface area (Å²) in [6, 6.07) is 5.35. The minimum atomic E-state index is -5.00. The number of benzene rings is 1. The van der Waals surface area contributed by atoms with Gasteiger partial charge < -0.3 is 14.6 Å². The second kappa shape index (κ2) is 6.14. The van der Waals surface area contributed by atoms with E-state index in [4.69, 9.17) is 0 Å². The summed E-state index contributed by atoms with van der Waals surface area (Å²) < 4.78 is 52.6. The molecule has 0 saturated heterocycles. The third-order valence-electron chi connectivity index (χ3n) is 4.11. The molecule has 2 heterocycles. The second-order valence-corrected chi connectivity index (χ2v) is 5.96. The molecule has 1 aliphatic heterocycles. The fourth-order valence-corrected chi connectivity index (χ4v) is 2.96. The van der Waals surface area contributed by atoms with Gasteiger partial charge in [0, 0.05) is 12.1 Å². The summed E-state index contributed by atoms with van der Waals surface area (Å²) in [7, 11) is 0. The van der Waals surface area contributed by atoms with Gasteiger partial charge in [0.2, 0.25) is 6.10 Å². The van der Waals surface area contributed by atoms with Crippen molar-refractivity contribution in [2.24, 2.45) is 0 Å². The quantitative estimate of drug-likeness (QED) is 0.841. The second-order valence-electron chi connectivity index (χ2n) is 5.96. The highest BCUT2D eigenvalue weighted by Crippen LogP contribution is 2.30. The number of rotatable bonds is 2. The number of carbonyl (C=O) groups is 1. The standard InChI is InChI=1S/C16H15F4N3O2/c1-9-7-22(15(25)13(24)16(18,19)20)8-12-6-21-14(23(9)12)10-2-4-11(17)5-3-10/h2-6,9,13,24H,7-8H2,1H3. The van der Waals surface area contributed by atoms with Crippen LogP contribution in [0, 0.1) is 5.82 Å². The zero-order chi connectivity index (χ0) is 18.4. The van der Waals surface area contributed by atoms with E-state index in [1.807, 2.05) is 0 Å². The fourth-order valence-electron chi connectivity index (χ4n) is 2.96. The molecule has 0 saturated carbocycles. The van der Waals surface area contributed by atoms with Gasteiger partial charge in [-0.15, -0.1) is 0 Å². The van der Waals surface area contributed by atoms with Crippen molar-refractivity contribution in [3.05, 3.63) is 42.0 Å². The molecule has 9 heteroatoms. The molecule has 1 N–H and O–H groups in total. The van der Waals surface area contributed by atoms with Crippen LogP contribution in [0.2, 0.25) is 0 Å². The Labute approximate surface area is 140 Å². The van der Waals surface area contributed by atoms with Crippen LogP contribution in [0.1, 0.15) is 18.7 Å². The summed E-state index contributed by atoms with van der Waals surface area (Å²) >= 11 is 0. The molecule has 2 atom stereocenters. The molecular formula is C16H15F4N3O2. The van der Waals surface area contributed by atoms with E-state index < -0.39 is 18.2 Å². The van der Waals surface area contributed by atoms with Gasteiger partial charge in [-0.3, -0.25) is 4.79 Å². The van der Waals surface area contributed by atoms with Gasteiger partial charge in [0.05, 0.1) is 24.5 Å². The molecule has 25 heavy (non-hydrogen) atoms. The third-order valence-corrected chi connectivity index (χ3v) is 4.11. The number of amides is 1. The van der Waals surface area contributed by atoms with Crippen LogP contribution in [0.3, 0.4) is 0 Å². The zero-order valence-electron chi connectivity index (χ0n) is 13.2. The van der Waals surface area contributed by atoms with Crippen LogP contribution in [0.25, 0.3) is 11.4 Å². The van der Waals surface area contributed by atoms with Crippen molar-refractivity contribution in [1.29, 1.82) is 0 Å². The predicted molar refractivity (Wildman–Crippen MR) is 79.8 cm³/mol. The molecular weight excluding hydrogens is 342 g/mol. The average Bonchev–Trinajstić information content (AvgIpc) is 2.98. The van der Waals surface area contributed by atoms with Crippen LogP contribution in [0.5, 0.6) is 0 Å². The molecule has 1 aromatic heterocycles. The van der Waals surface area contributed by atoms with Crippen molar-refractivity contribution in [1.82, 2.24) is 14.5 Å². The number of hydrogen-bond acceptors (Lipinski definition) is 3.